The normalized spacial score (nSPS) is 9.47. The van der Waals surface area contributed by atoms with E-state index in [1.165, 1.54) is 18.4 Å². The summed E-state index contributed by atoms with van der Waals surface area (Å²) in [4.78, 5) is 27.0. The molecule has 1 aromatic heterocycles. The molecule has 1 rings (SSSR count). The molecule has 6 nitrogen and oxygen atoms in total. The molecule has 15 heavy (non-hydrogen) atoms. The minimum Gasteiger partial charge on any atom is -0.358 e. The van der Waals surface area contributed by atoms with Gasteiger partial charge in [0.2, 0.25) is 5.91 Å². The van der Waals surface area contributed by atoms with Gasteiger partial charge in [0.05, 0.1) is 6.54 Å². The number of nitrogens with one attached hydrogen (secondary N) is 3. The van der Waals surface area contributed by atoms with E-state index >= 15 is 0 Å². The zero-order valence-electron chi connectivity index (χ0n) is 8.46. The van der Waals surface area contributed by atoms with Gasteiger partial charge in [-0.1, -0.05) is 0 Å². The minimum atomic E-state index is -0.437. The van der Waals surface area contributed by atoms with Crippen molar-refractivity contribution in [1.29, 1.82) is 0 Å². The van der Waals surface area contributed by atoms with Crippen molar-refractivity contribution in [2.24, 2.45) is 0 Å². The second-order valence-corrected chi connectivity index (χ2v) is 3.99. The quantitative estimate of drug-likeness (QED) is 0.696. The number of rotatable bonds is 3. The van der Waals surface area contributed by atoms with Gasteiger partial charge in [-0.15, -0.1) is 11.3 Å². The summed E-state index contributed by atoms with van der Waals surface area (Å²) in [6, 6.07) is -0.437. The lowest BCUT2D eigenvalue weighted by atomic mass is 10.6. The van der Waals surface area contributed by atoms with E-state index in [1.54, 1.807) is 6.20 Å². The maximum atomic E-state index is 11.2. The Labute approximate surface area is 91.1 Å². The molecular formula is C8H12N4O2S. The van der Waals surface area contributed by atoms with Gasteiger partial charge < -0.3 is 10.6 Å². The molecule has 0 aliphatic carbocycles. The highest BCUT2D eigenvalue weighted by atomic mass is 32.1. The first-order valence-electron chi connectivity index (χ1n) is 4.29. The Hall–Kier alpha value is -1.63. The zero-order chi connectivity index (χ0) is 11.3. The van der Waals surface area contributed by atoms with Crippen LogP contribution in [-0.4, -0.2) is 30.5 Å². The van der Waals surface area contributed by atoms with Crippen molar-refractivity contribution in [3.63, 3.8) is 0 Å². The number of anilines is 1. The van der Waals surface area contributed by atoms with Crippen LogP contribution in [0.25, 0.3) is 0 Å². The lowest BCUT2D eigenvalue weighted by Gasteiger charge is -2.03. The molecule has 1 heterocycles. The molecule has 0 aliphatic heterocycles. The number of nitrogens with zero attached hydrogens (tertiary/aromatic N) is 1. The van der Waals surface area contributed by atoms with Crippen molar-refractivity contribution < 1.29 is 9.59 Å². The van der Waals surface area contributed by atoms with E-state index in [-0.39, 0.29) is 12.5 Å². The summed E-state index contributed by atoms with van der Waals surface area (Å²) in [6.45, 7) is 1.85. The molecule has 0 aliphatic rings. The first-order valence-corrected chi connectivity index (χ1v) is 5.11. The predicted octanol–water partition coefficient (Wildman–Crippen LogP) is 0.319. The van der Waals surface area contributed by atoms with Crippen LogP contribution < -0.4 is 16.0 Å². The topological polar surface area (TPSA) is 83.1 Å². The van der Waals surface area contributed by atoms with Crippen LogP contribution in [-0.2, 0) is 4.79 Å². The fraction of sp³-hybridized carbons (Fsp3) is 0.375. The Kier molecular flexibility index (Phi) is 4.04. The van der Waals surface area contributed by atoms with Crippen molar-refractivity contribution in [3.8, 4) is 0 Å². The molecule has 0 unspecified atom stereocenters. The number of likely N-dealkylation sites (N-methyl/N-ethyl adjacent to an activating group) is 1. The number of carbonyl (C=O) groups is 2. The number of urea groups is 1. The monoisotopic (exact) mass is 228 g/mol. The molecule has 1 aromatic rings. The zero-order valence-corrected chi connectivity index (χ0v) is 9.27. The van der Waals surface area contributed by atoms with Gasteiger partial charge in [-0.25, -0.2) is 9.78 Å². The van der Waals surface area contributed by atoms with Crippen molar-refractivity contribution in [1.82, 2.24) is 15.6 Å². The number of thiazole rings is 1. The molecule has 0 saturated carbocycles. The first-order chi connectivity index (χ1) is 7.11. The molecule has 3 N–H and O–H groups in total. The van der Waals surface area contributed by atoms with Gasteiger partial charge in [-0.3, -0.25) is 10.1 Å². The summed E-state index contributed by atoms with van der Waals surface area (Å²) in [5.74, 6) is -0.250. The molecule has 82 valence electrons. The van der Waals surface area contributed by atoms with Crippen LogP contribution in [0.5, 0.6) is 0 Å². The molecule has 0 aromatic carbocycles. The second kappa shape index (κ2) is 5.30. The van der Waals surface area contributed by atoms with Crippen LogP contribution in [0.4, 0.5) is 9.93 Å². The molecule has 0 spiro atoms. The van der Waals surface area contributed by atoms with Crippen LogP contribution in [0, 0.1) is 6.92 Å². The van der Waals surface area contributed by atoms with Crippen LogP contribution in [0.2, 0.25) is 0 Å². The Bertz CT molecular complexity index is 363. The standard InChI is InChI=1S/C8H12N4O2S/c1-5-3-11-8(15-5)12-7(14)10-4-6(13)9-2/h3H,4H2,1-2H3,(H,9,13)(H2,10,11,12,14). The molecule has 7 heteroatoms. The molecular weight excluding hydrogens is 216 g/mol. The summed E-state index contributed by atoms with van der Waals surface area (Å²) in [6.07, 6.45) is 1.67. The summed E-state index contributed by atoms with van der Waals surface area (Å²) in [5.41, 5.74) is 0. The van der Waals surface area contributed by atoms with Crippen molar-refractivity contribution in [2.75, 3.05) is 18.9 Å². The van der Waals surface area contributed by atoms with Crippen molar-refractivity contribution in [3.05, 3.63) is 11.1 Å². The minimum absolute atomic E-state index is 0.0489. The average Bonchev–Trinajstić information content (AvgIpc) is 2.60. The second-order valence-electron chi connectivity index (χ2n) is 2.76. The van der Waals surface area contributed by atoms with E-state index in [0.29, 0.717) is 5.13 Å². The SMILES string of the molecule is CNC(=O)CNC(=O)Nc1ncc(C)s1. The molecule has 3 amide bonds. The first kappa shape index (κ1) is 11.4. The lowest BCUT2D eigenvalue weighted by Crippen LogP contribution is -2.37. The van der Waals surface area contributed by atoms with E-state index in [4.69, 9.17) is 0 Å². The van der Waals surface area contributed by atoms with Gasteiger partial charge >= 0.3 is 6.03 Å². The van der Waals surface area contributed by atoms with Crippen molar-refractivity contribution in [2.45, 2.75) is 6.92 Å². The highest BCUT2D eigenvalue weighted by molar-refractivity contribution is 7.15. The summed E-state index contributed by atoms with van der Waals surface area (Å²) >= 11 is 1.37. The average molecular weight is 228 g/mol. The third kappa shape index (κ3) is 3.94. The van der Waals surface area contributed by atoms with E-state index in [1.807, 2.05) is 6.92 Å². The number of carbonyl (C=O) groups excluding carboxylic acids is 2. The fourth-order valence-corrected chi connectivity index (χ4v) is 1.46. The Morgan fingerprint density at radius 2 is 2.27 bits per heavy atom. The van der Waals surface area contributed by atoms with Gasteiger partial charge in [0, 0.05) is 18.1 Å². The molecule has 0 bridgehead atoms. The summed E-state index contributed by atoms with van der Waals surface area (Å²) in [7, 11) is 1.51. The highest BCUT2D eigenvalue weighted by Gasteiger charge is 2.05. The van der Waals surface area contributed by atoms with E-state index in [2.05, 4.69) is 20.9 Å². The Balaban J connectivity index is 2.33. The van der Waals surface area contributed by atoms with Gasteiger partial charge in [0.1, 0.15) is 0 Å². The number of aromatic nitrogens is 1. The van der Waals surface area contributed by atoms with E-state index in [0.717, 1.165) is 4.88 Å². The number of hydrogen-bond acceptors (Lipinski definition) is 4. The number of hydrogen-bond donors (Lipinski definition) is 3. The molecule has 0 saturated heterocycles. The predicted molar refractivity (Wildman–Crippen MR) is 57.9 cm³/mol. The van der Waals surface area contributed by atoms with Crippen molar-refractivity contribution >= 4 is 28.4 Å². The maximum Gasteiger partial charge on any atom is 0.321 e. The number of amides is 3. The van der Waals surface area contributed by atoms with Gasteiger partial charge in [0.25, 0.3) is 0 Å². The maximum absolute atomic E-state index is 11.2. The third-order valence-electron chi connectivity index (χ3n) is 1.53. The molecule has 0 radical (unpaired) electrons. The molecule has 0 fully saturated rings. The van der Waals surface area contributed by atoms with E-state index < -0.39 is 6.03 Å². The van der Waals surface area contributed by atoms with Crippen LogP contribution in [0.15, 0.2) is 6.20 Å². The summed E-state index contributed by atoms with van der Waals surface area (Å²) in [5, 5.41) is 7.82. The third-order valence-corrected chi connectivity index (χ3v) is 2.36. The van der Waals surface area contributed by atoms with E-state index in [9.17, 15) is 9.59 Å². The largest absolute Gasteiger partial charge is 0.358 e. The smallest absolute Gasteiger partial charge is 0.321 e. The van der Waals surface area contributed by atoms with Crippen LogP contribution >= 0.6 is 11.3 Å². The molecule has 0 atom stereocenters. The number of aryl methyl sites for hydroxylation is 1. The van der Waals surface area contributed by atoms with Gasteiger partial charge in [0.15, 0.2) is 5.13 Å². The Morgan fingerprint density at radius 3 is 2.80 bits per heavy atom. The van der Waals surface area contributed by atoms with Gasteiger partial charge in [-0.05, 0) is 6.92 Å². The van der Waals surface area contributed by atoms with Crippen LogP contribution in [0.1, 0.15) is 4.88 Å². The highest BCUT2D eigenvalue weighted by Crippen LogP contribution is 2.15. The van der Waals surface area contributed by atoms with Gasteiger partial charge in [-0.2, -0.15) is 0 Å². The lowest BCUT2D eigenvalue weighted by molar-refractivity contribution is -0.119. The summed E-state index contributed by atoms with van der Waals surface area (Å²) < 4.78 is 0. The van der Waals surface area contributed by atoms with Crippen LogP contribution in [0.3, 0.4) is 0 Å². The fourth-order valence-electron chi connectivity index (χ4n) is 0.803. The Morgan fingerprint density at radius 1 is 1.53 bits per heavy atom.